The topological polar surface area (TPSA) is 9.23 Å². The first kappa shape index (κ1) is 23.2. The molecule has 1 saturated carbocycles. The standard InChI is InChI=1S/C25H24F4OP2/c26-21-12-19(14-23(32)24(21)30-25(27,28)29)20-11-10-18(13-22(20)31)17-8-6-16(7-9-17)15-4-2-1-3-5-15/h6-15H,1-5,31-32H2. The number of hydrogen-bond acceptors (Lipinski definition) is 1. The Hall–Kier alpha value is -1.96. The van der Waals surface area contributed by atoms with Gasteiger partial charge in [-0.3, -0.25) is 0 Å². The molecule has 3 aromatic carbocycles. The van der Waals surface area contributed by atoms with E-state index in [2.05, 4.69) is 47.5 Å². The minimum absolute atomic E-state index is 0.00380. The van der Waals surface area contributed by atoms with Crippen LogP contribution in [0.4, 0.5) is 17.6 Å². The Kier molecular flexibility index (Phi) is 6.89. The van der Waals surface area contributed by atoms with Crippen LogP contribution < -0.4 is 15.3 Å². The van der Waals surface area contributed by atoms with Crippen molar-refractivity contribution in [1.82, 2.24) is 0 Å². The summed E-state index contributed by atoms with van der Waals surface area (Å²) in [6.07, 6.45) is 1.49. The van der Waals surface area contributed by atoms with Crippen LogP contribution in [-0.4, -0.2) is 6.36 Å². The molecule has 7 heteroatoms. The van der Waals surface area contributed by atoms with Crippen molar-refractivity contribution in [3.8, 4) is 28.0 Å². The molecular formula is C25H24F4OP2. The van der Waals surface area contributed by atoms with Gasteiger partial charge in [-0.25, -0.2) is 4.39 Å². The second kappa shape index (κ2) is 9.49. The van der Waals surface area contributed by atoms with Gasteiger partial charge in [0.15, 0.2) is 11.6 Å². The molecule has 0 aromatic heterocycles. The lowest BCUT2D eigenvalue weighted by Crippen LogP contribution is -2.21. The lowest BCUT2D eigenvalue weighted by molar-refractivity contribution is -0.275. The Bertz CT molecular complexity index is 1080. The summed E-state index contributed by atoms with van der Waals surface area (Å²) in [5.74, 6) is -1.24. The first-order chi connectivity index (χ1) is 15.2. The van der Waals surface area contributed by atoms with E-state index >= 15 is 0 Å². The summed E-state index contributed by atoms with van der Waals surface area (Å²) in [4.78, 5) is 0. The van der Waals surface area contributed by atoms with Crippen LogP contribution >= 0.6 is 18.5 Å². The Morgan fingerprint density at radius 3 is 1.97 bits per heavy atom. The maximum absolute atomic E-state index is 14.3. The molecule has 4 rings (SSSR count). The molecular weight excluding hydrogens is 454 g/mol. The Morgan fingerprint density at radius 2 is 1.38 bits per heavy atom. The quantitative estimate of drug-likeness (QED) is 0.287. The van der Waals surface area contributed by atoms with Crippen molar-refractivity contribution in [1.29, 1.82) is 0 Å². The van der Waals surface area contributed by atoms with E-state index in [1.54, 1.807) is 0 Å². The Morgan fingerprint density at radius 1 is 0.750 bits per heavy atom. The van der Waals surface area contributed by atoms with E-state index in [9.17, 15) is 17.6 Å². The Balaban J connectivity index is 1.58. The second-order valence-corrected chi connectivity index (χ2v) is 9.43. The molecule has 32 heavy (non-hydrogen) atoms. The SMILES string of the molecule is Fc1cc(-c2ccc(-c3ccc(C4CCCCC4)cc3)cc2P)cc(P)c1OC(F)(F)F. The number of halogens is 4. The van der Waals surface area contributed by atoms with E-state index in [1.165, 1.54) is 43.7 Å². The third-order valence-electron chi connectivity index (χ3n) is 5.97. The van der Waals surface area contributed by atoms with Crippen LogP contribution in [0.3, 0.4) is 0 Å². The lowest BCUT2D eigenvalue weighted by atomic mass is 9.83. The van der Waals surface area contributed by atoms with Crippen LogP contribution in [0, 0.1) is 5.82 Å². The van der Waals surface area contributed by atoms with Crippen LogP contribution in [0.1, 0.15) is 43.6 Å². The molecule has 1 aliphatic rings. The van der Waals surface area contributed by atoms with E-state index < -0.39 is 17.9 Å². The molecule has 0 heterocycles. The van der Waals surface area contributed by atoms with Crippen LogP contribution in [-0.2, 0) is 0 Å². The molecule has 1 fully saturated rings. The van der Waals surface area contributed by atoms with Gasteiger partial charge in [0.1, 0.15) is 0 Å². The summed E-state index contributed by atoms with van der Waals surface area (Å²) >= 11 is 0. The molecule has 1 aliphatic carbocycles. The number of alkyl halides is 3. The van der Waals surface area contributed by atoms with Gasteiger partial charge in [0.25, 0.3) is 0 Å². The summed E-state index contributed by atoms with van der Waals surface area (Å²) < 4.78 is 55.7. The molecule has 0 spiro atoms. The van der Waals surface area contributed by atoms with Crippen molar-refractivity contribution in [2.24, 2.45) is 0 Å². The zero-order valence-corrected chi connectivity index (χ0v) is 19.7. The van der Waals surface area contributed by atoms with Gasteiger partial charge in [-0.05, 0) is 70.1 Å². The van der Waals surface area contributed by atoms with Gasteiger partial charge in [0.2, 0.25) is 0 Å². The summed E-state index contributed by atoms with van der Waals surface area (Å²) in [6, 6.07) is 17.0. The first-order valence-electron chi connectivity index (χ1n) is 10.6. The molecule has 0 N–H and O–H groups in total. The van der Waals surface area contributed by atoms with Crippen LogP contribution in [0.2, 0.25) is 0 Å². The lowest BCUT2D eigenvalue weighted by Gasteiger charge is -2.22. The maximum Gasteiger partial charge on any atom is 0.573 e. The number of hydrogen-bond donors (Lipinski definition) is 0. The Labute approximate surface area is 190 Å². The molecule has 168 valence electrons. The van der Waals surface area contributed by atoms with Gasteiger partial charge in [-0.15, -0.1) is 31.7 Å². The zero-order valence-electron chi connectivity index (χ0n) is 17.4. The van der Waals surface area contributed by atoms with Crippen molar-refractivity contribution in [3.05, 3.63) is 66.0 Å². The number of benzene rings is 3. The van der Waals surface area contributed by atoms with Crippen molar-refractivity contribution in [2.75, 3.05) is 0 Å². The minimum atomic E-state index is -4.95. The number of ether oxygens (including phenoxy) is 1. The van der Waals surface area contributed by atoms with Crippen LogP contribution in [0.5, 0.6) is 5.75 Å². The minimum Gasteiger partial charge on any atom is -0.402 e. The summed E-state index contributed by atoms with van der Waals surface area (Å²) in [7, 11) is 4.74. The van der Waals surface area contributed by atoms with E-state index in [1.807, 2.05) is 18.2 Å². The molecule has 0 radical (unpaired) electrons. The van der Waals surface area contributed by atoms with Gasteiger partial charge in [-0.2, -0.15) is 0 Å². The molecule has 2 unspecified atom stereocenters. The molecule has 2 atom stereocenters. The smallest absolute Gasteiger partial charge is 0.402 e. The molecule has 0 saturated heterocycles. The second-order valence-electron chi connectivity index (χ2n) is 8.18. The van der Waals surface area contributed by atoms with Crippen molar-refractivity contribution >= 4 is 29.1 Å². The van der Waals surface area contributed by atoms with Gasteiger partial charge in [0, 0.05) is 5.30 Å². The third kappa shape index (κ3) is 5.33. The monoisotopic (exact) mass is 478 g/mol. The molecule has 3 aromatic rings. The van der Waals surface area contributed by atoms with Crippen LogP contribution in [0.15, 0.2) is 54.6 Å². The van der Waals surface area contributed by atoms with Gasteiger partial charge < -0.3 is 4.74 Å². The first-order valence-corrected chi connectivity index (χ1v) is 11.7. The van der Waals surface area contributed by atoms with Crippen molar-refractivity contribution in [2.45, 2.75) is 44.4 Å². The van der Waals surface area contributed by atoms with E-state index in [0.29, 0.717) is 11.5 Å². The van der Waals surface area contributed by atoms with Gasteiger partial charge in [-0.1, -0.05) is 55.7 Å². The average Bonchev–Trinajstić information content (AvgIpc) is 2.76. The third-order valence-corrected chi connectivity index (χ3v) is 6.88. The maximum atomic E-state index is 14.3. The average molecular weight is 478 g/mol. The molecule has 1 nitrogen and oxygen atoms in total. The molecule has 0 amide bonds. The fraction of sp³-hybridized carbons (Fsp3) is 0.280. The van der Waals surface area contributed by atoms with Gasteiger partial charge in [0.05, 0.1) is 0 Å². The van der Waals surface area contributed by atoms with Crippen molar-refractivity contribution in [3.63, 3.8) is 0 Å². The molecule has 0 bridgehead atoms. The van der Waals surface area contributed by atoms with E-state index in [0.717, 1.165) is 28.1 Å². The molecule has 0 aliphatic heterocycles. The van der Waals surface area contributed by atoms with E-state index in [-0.39, 0.29) is 5.30 Å². The van der Waals surface area contributed by atoms with Gasteiger partial charge >= 0.3 is 6.36 Å². The summed E-state index contributed by atoms with van der Waals surface area (Å²) in [5, 5.41) is 0.830. The summed E-state index contributed by atoms with van der Waals surface area (Å²) in [6.45, 7) is 0. The largest absolute Gasteiger partial charge is 0.573 e. The predicted molar refractivity (Wildman–Crippen MR) is 128 cm³/mol. The van der Waals surface area contributed by atoms with E-state index in [4.69, 9.17) is 0 Å². The highest BCUT2D eigenvalue weighted by atomic mass is 31.0. The highest BCUT2D eigenvalue weighted by Crippen LogP contribution is 2.34. The fourth-order valence-electron chi connectivity index (χ4n) is 4.38. The van der Waals surface area contributed by atoms with Crippen LogP contribution in [0.25, 0.3) is 22.3 Å². The zero-order chi connectivity index (χ0) is 22.9. The number of rotatable bonds is 4. The normalized spacial score (nSPS) is 15.1. The predicted octanol–water partition coefficient (Wildman–Crippen LogP) is 7.11. The summed E-state index contributed by atoms with van der Waals surface area (Å²) in [5.41, 5.74) is 4.70. The van der Waals surface area contributed by atoms with Crippen molar-refractivity contribution < 1.29 is 22.3 Å². The highest BCUT2D eigenvalue weighted by molar-refractivity contribution is 7.28. The fourth-order valence-corrected chi connectivity index (χ4v) is 5.20. The highest BCUT2D eigenvalue weighted by Gasteiger charge is 2.33.